The third-order valence-corrected chi connectivity index (χ3v) is 3.22. The van der Waals surface area contributed by atoms with Crippen LogP contribution in [0.2, 0.25) is 0 Å². The lowest BCUT2D eigenvalue weighted by Crippen LogP contribution is -2.45. The number of amides is 1. The van der Waals surface area contributed by atoms with Crippen molar-refractivity contribution in [3.63, 3.8) is 0 Å². The molecule has 0 radical (unpaired) electrons. The molecule has 1 unspecified atom stereocenters. The predicted molar refractivity (Wildman–Crippen MR) is 62.7 cm³/mol. The molecule has 0 aromatic heterocycles. The number of carboxylic acid groups (broad SMARTS) is 1. The summed E-state index contributed by atoms with van der Waals surface area (Å²) < 4.78 is 5.02. The summed E-state index contributed by atoms with van der Waals surface area (Å²) in [6.45, 7) is 4.13. The van der Waals surface area contributed by atoms with Gasteiger partial charge in [0.05, 0.1) is 0 Å². The molecule has 0 bridgehead atoms. The van der Waals surface area contributed by atoms with Crippen molar-refractivity contribution in [2.24, 2.45) is 0 Å². The average Bonchev–Trinajstić information content (AvgIpc) is 2.35. The lowest BCUT2D eigenvalue weighted by Gasteiger charge is -2.35. The molecule has 0 aromatic carbocycles. The molecule has 1 amide bonds. The first-order valence-corrected chi connectivity index (χ1v) is 6.20. The molecule has 1 N–H and O–H groups in total. The Morgan fingerprint density at radius 2 is 2.18 bits per heavy atom. The second-order valence-electron chi connectivity index (χ2n) is 4.44. The van der Waals surface area contributed by atoms with E-state index in [0.29, 0.717) is 6.04 Å². The van der Waals surface area contributed by atoms with Gasteiger partial charge in [-0.3, -0.25) is 4.79 Å². The van der Waals surface area contributed by atoms with E-state index in [2.05, 4.69) is 6.92 Å². The SMILES string of the molecule is CCC1CCCCN1C(=O)CO[C@@H](C)C(=O)O. The minimum absolute atomic E-state index is 0.0929. The molecular formula is C12H21NO4. The van der Waals surface area contributed by atoms with Crippen LogP contribution in [0.25, 0.3) is 0 Å². The van der Waals surface area contributed by atoms with E-state index >= 15 is 0 Å². The molecule has 1 saturated heterocycles. The minimum atomic E-state index is -1.04. The predicted octanol–water partition coefficient (Wildman–Crippen LogP) is 1.27. The lowest BCUT2D eigenvalue weighted by molar-refractivity contribution is -0.154. The van der Waals surface area contributed by atoms with Gasteiger partial charge in [0.25, 0.3) is 0 Å². The van der Waals surface area contributed by atoms with Crippen molar-refractivity contribution in [1.29, 1.82) is 0 Å². The smallest absolute Gasteiger partial charge is 0.332 e. The van der Waals surface area contributed by atoms with E-state index in [0.717, 1.165) is 32.2 Å². The third kappa shape index (κ3) is 4.00. The van der Waals surface area contributed by atoms with Gasteiger partial charge in [-0.15, -0.1) is 0 Å². The van der Waals surface area contributed by atoms with Gasteiger partial charge in [0, 0.05) is 12.6 Å². The zero-order valence-corrected chi connectivity index (χ0v) is 10.5. The second-order valence-corrected chi connectivity index (χ2v) is 4.44. The monoisotopic (exact) mass is 243 g/mol. The van der Waals surface area contributed by atoms with Crippen molar-refractivity contribution in [2.45, 2.75) is 51.7 Å². The topological polar surface area (TPSA) is 66.8 Å². The molecule has 5 nitrogen and oxygen atoms in total. The van der Waals surface area contributed by atoms with Crippen LogP contribution in [0.1, 0.15) is 39.5 Å². The molecule has 17 heavy (non-hydrogen) atoms. The Bertz CT molecular complexity index is 280. The highest BCUT2D eigenvalue weighted by molar-refractivity contribution is 5.78. The summed E-state index contributed by atoms with van der Waals surface area (Å²) in [5.41, 5.74) is 0. The molecular weight excluding hydrogens is 222 g/mol. The fourth-order valence-electron chi connectivity index (χ4n) is 2.10. The fraction of sp³-hybridized carbons (Fsp3) is 0.833. The average molecular weight is 243 g/mol. The molecule has 5 heteroatoms. The van der Waals surface area contributed by atoms with E-state index in [1.165, 1.54) is 6.92 Å². The van der Waals surface area contributed by atoms with Crippen LogP contribution in [-0.2, 0) is 14.3 Å². The number of carbonyl (C=O) groups is 2. The quantitative estimate of drug-likeness (QED) is 0.789. The highest BCUT2D eigenvalue weighted by atomic mass is 16.5. The van der Waals surface area contributed by atoms with Crippen LogP contribution in [0.15, 0.2) is 0 Å². The molecule has 0 aliphatic carbocycles. The number of piperidine rings is 1. The number of nitrogens with zero attached hydrogens (tertiary/aromatic N) is 1. The zero-order chi connectivity index (χ0) is 12.8. The van der Waals surface area contributed by atoms with E-state index in [-0.39, 0.29) is 12.5 Å². The Labute approximate surface area is 102 Å². The minimum Gasteiger partial charge on any atom is -0.479 e. The maximum atomic E-state index is 11.9. The third-order valence-electron chi connectivity index (χ3n) is 3.22. The lowest BCUT2D eigenvalue weighted by atomic mass is 10.00. The van der Waals surface area contributed by atoms with Crippen LogP contribution in [-0.4, -0.2) is 47.2 Å². The van der Waals surface area contributed by atoms with Crippen LogP contribution in [0.4, 0.5) is 0 Å². The Balaban J connectivity index is 2.42. The Morgan fingerprint density at radius 1 is 1.47 bits per heavy atom. The standard InChI is InChI=1S/C12H21NO4/c1-3-10-6-4-5-7-13(10)11(14)8-17-9(2)12(15)16/h9-10H,3-8H2,1-2H3,(H,15,16)/t9-,10?/m0/s1. The van der Waals surface area contributed by atoms with Crippen molar-refractivity contribution in [3.8, 4) is 0 Å². The summed E-state index contributed by atoms with van der Waals surface area (Å²) in [7, 11) is 0. The molecule has 1 rings (SSSR count). The number of carbonyl (C=O) groups excluding carboxylic acids is 1. The maximum absolute atomic E-state index is 11.9. The van der Waals surface area contributed by atoms with Gasteiger partial charge in [0.2, 0.25) is 5.91 Å². The van der Waals surface area contributed by atoms with Gasteiger partial charge in [-0.1, -0.05) is 6.92 Å². The first kappa shape index (κ1) is 14.0. The Kier molecular flexibility index (Phi) is 5.41. The number of rotatable bonds is 5. The largest absolute Gasteiger partial charge is 0.479 e. The van der Waals surface area contributed by atoms with Gasteiger partial charge in [0.1, 0.15) is 6.61 Å². The van der Waals surface area contributed by atoms with Gasteiger partial charge < -0.3 is 14.7 Å². The number of likely N-dealkylation sites (tertiary alicyclic amines) is 1. The van der Waals surface area contributed by atoms with E-state index in [9.17, 15) is 9.59 Å². The van der Waals surface area contributed by atoms with Crippen LogP contribution in [0.3, 0.4) is 0 Å². The number of hydrogen-bond acceptors (Lipinski definition) is 3. The molecule has 1 aliphatic rings. The first-order chi connectivity index (χ1) is 8.06. The number of carboxylic acids is 1. The molecule has 1 fully saturated rings. The summed E-state index contributed by atoms with van der Waals surface area (Å²) in [4.78, 5) is 24.3. The highest BCUT2D eigenvalue weighted by Crippen LogP contribution is 2.19. The van der Waals surface area contributed by atoms with E-state index in [4.69, 9.17) is 9.84 Å². The molecule has 1 heterocycles. The van der Waals surface area contributed by atoms with Crippen LogP contribution in [0, 0.1) is 0 Å². The van der Waals surface area contributed by atoms with Crippen molar-refractivity contribution in [1.82, 2.24) is 4.90 Å². The fourth-order valence-corrected chi connectivity index (χ4v) is 2.10. The molecule has 0 spiro atoms. The molecule has 0 aromatic rings. The van der Waals surface area contributed by atoms with E-state index in [1.807, 2.05) is 4.90 Å². The van der Waals surface area contributed by atoms with Crippen LogP contribution in [0.5, 0.6) is 0 Å². The highest BCUT2D eigenvalue weighted by Gasteiger charge is 2.26. The molecule has 0 saturated carbocycles. The van der Waals surface area contributed by atoms with Crippen molar-refractivity contribution in [2.75, 3.05) is 13.2 Å². The van der Waals surface area contributed by atoms with Gasteiger partial charge in [0.15, 0.2) is 6.10 Å². The zero-order valence-electron chi connectivity index (χ0n) is 10.5. The molecule has 98 valence electrons. The summed E-state index contributed by atoms with van der Waals surface area (Å²) >= 11 is 0. The summed E-state index contributed by atoms with van der Waals surface area (Å²) in [6, 6.07) is 0.292. The number of ether oxygens (including phenoxy) is 1. The van der Waals surface area contributed by atoms with Gasteiger partial charge in [-0.05, 0) is 32.6 Å². The van der Waals surface area contributed by atoms with E-state index in [1.54, 1.807) is 0 Å². The number of hydrogen-bond donors (Lipinski definition) is 1. The number of aliphatic carboxylic acids is 1. The maximum Gasteiger partial charge on any atom is 0.332 e. The van der Waals surface area contributed by atoms with Gasteiger partial charge >= 0.3 is 5.97 Å². The van der Waals surface area contributed by atoms with Gasteiger partial charge in [-0.25, -0.2) is 4.79 Å². The van der Waals surface area contributed by atoms with E-state index < -0.39 is 12.1 Å². The van der Waals surface area contributed by atoms with Crippen LogP contribution >= 0.6 is 0 Å². The summed E-state index contributed by atoms with van der Waals surface area (Å²) in [6.07, 6.45) is 3.24. The van der Waals surface area contributed by atoms with Crippen molar-refractivity contribution in [3.05, 3.63) is 0 Å². The second kappa shape index (κ2) is 6.59. The summed E-state index contributed by atoms with van der Waals surface area (Å²) in [5, 5.41) is 8.65. The first-order valence-electron chi connectivity index (χ1n) is 6.20. The molecule has 1 aliphatic heterocycles. The Hall–Kier alpha value is -1.10. The summed E-state index contributed by atoms with van der Waals surface area (Å²) in [5.74, 6) is -1.13. The molecule has 2 atom stereocenters. The Morgan fingerprint density at radius 3 is 2.76 bits per heavy atom. The van der Waals surface area contributed by atoms with Crippen molar-refractivity contribution < 1.29 is 19.4 Å². The van der Waals surface area contributed by atoms with Gasteiger partial charge in [-0.2, -0.15) is 0 Å². The van der Waals surface area contributed by atoms with Crippen molar-refractivity contribution >= 4 is 11.9 Å². The van der Waals surface area contributed by atoms with Crippen LogP contribution < -0.4 is 0 Å². The normalized spacial score (nSPS) is 22.2.